The SMILES string of the molecule is COCCCN(CC(C)C(=O)OC)C(=O)c1ccc(C)c(C)c1. The number of ether oxygens (including phenoxy) is 2. The Balaban J connectivity index is 2.90. The molecular weight excluding hydrogens is 294 g/mol. The average Bonchev–Trinajstić information content (AvgIpc) is 2.55. The fourth-order valence-corrected chi connectivity index (χ4v) is 2.34. The minimum absolute atomic E-state index is 0.0695. The molecule has 0 N–H and O–H groups in total. The maximum Gasteiger partial charge on any atom is 0.310 e. The summed E-state index contributed by atoms with van der Waals surface area (Å²) in [6.07, 6.45) is 0.723. The summed E-state index contributed by atoms with van der Waals surface area (Å²) in [5.74, 6) is -0.743. The summed E-state index contributed by atoms with van der Waals surface area (Å²) >= 11 is 0. The van der Waals surface area contributed by atoms with Gasteiger partial charge in [0.1, 0.15) is 0 Å². The molecule has 1 aromatic carbocycles. The highest BCUT2D eigenvalue weighted by molar-refractivity contribution is 5.94. The van der Waals surface area contributed by atoms with Crippen molar-refractivity contribution < 1.29 is 19.1 Å². The number of benzene rings is 1. The molecule has 0 fully saturated rings. The van der Waals surface area contributed by atoms with E-state index in [0.29, 0.717) is 25.3 Å². The van der Waals surface area contributed by atoms with Gasteiger partial charge in [0, 0.05) is 32.4 Å². The van der Waals surface area contributed by atoms with Gasteiger partial charge in [0.15, 0.2) is 0 Å². The molecule has 128 valence electrons. The molecule has 5 nitrogen and oxygen atoms in total. The standard InChI is InChI=1S/C18H27NO4/c1-13-7-8-16(11-14(13)2)17(20)19(9-6-10-22-4)12-15(3)18(21)23-5/h7-8,11,15H,6,9-10,12H2,1-5H3. The summed E-state index contributed by atoms with van der Waals surface area (Å²) < 4.78 is 9.81. The lowest BCUT2D eigenvalue weighted by molar-refractivity contribution is -0.145. The summed E-state index contributed by atoms with van der Waals surface area (Å²) in [5, 5.41) is 0. The molecule has 0 heterocycles. The molecule has 0 saturated heterocycles. The number of carbonyl (C=O) groups is 2. The third kappa shape index (κ3) is 5.67. The van der Waals surface area contributed by atoms with Gasteiger partial charge in [0.25, 0.3) is 5.91 Å². The van der Waals surface area contributed by atoms with Crippen LogP contribution in [0.3, 0.4) is 0 Å². The van der Waals surface area contributed by atoms with E-state index in [4.69, 9.17) is 9.47 Å². The second-order valence-electron chi connectivity index (χ2n) is 5.82. The van der Waals surface area contributed by atoms with E-state index in [0.717, 1.165) is 17.5 Å². The minimum atomic E-state index is -0.363. The van der Waals surface area contributed by atoms with Crippen molar-refractivity contribution in [2.75, 3.05) is 33.9 Å². The highest BCUT2D eigenvalue weighted by Gasteiger charge is 2.22. The van der Waals surface area contributed by atoms with Crippen molar-refractivity contribution in [2.45, 2.75) is 27.2 Å². The first-order chi connectivity index (χ1) is 10.9. The maximum atomic E-state index is 12.8. The summed E-state index contributed by atoms with van der Waals surface area (Å²) in [7, 11) is 2.99. The first kappa shape index (κ1) is 19.2. The highest BCUT2D eigenvalue weighted by Crippen LogP contribution is 2.14. The Morgan fingerprint density at radius 3 is 2.43 bits per heavy atom. The van der Waals surface area contributed by atoms with Crippen molar-refractivity contribution in [3.8, 4) is 0 Å². The molecule has 0 aliphatic carbocycles. The van der Waals surface area contributed by atoms with Crippen LogP contribution in [0, 0.1) is 19.8 Å². The second-order valence-corrected chi connectivity index (χ2v) is 5.82. The van der Waals surface area contributed by atoms with Gasteiger partial charge in [-0.1, -0.05) is 13.0 Å². The molecule has 1 rings (SSSR count). The molecule has 0 aromatic heterocycles. The van der Waals surface area contributed by atoms with Gasteiger partial charge in [-0.3, -0.25) is 9.59 Å². The Kier molecular flexibility index (Phi) is 7.75. The number of amides is 1. The zero-order valence-electron chi connectivity index (χ0n) is 14.7. The number of methoxy groups -OCH3 is 2. The van der Waals surface area contributed by atoms with Crippen LogP contribution in [0.4, 0.5) is 0 Å². The van der Waals surface area contributed by atoms with E-state index in [9.17, 15) is 9.59 Å². The van der Waals surface area contributed by atoms with Crippen LogP contribution in [0.2, 0.25) is 0 Å². The third-order valence-electron chi connectivity index (χ3n) is 3.92. The van der Waals surface area contributed by atoms with E-state index in [1.54, 1.807) is 18.9 Å². The molecule has 0 bridgehead atoms. The van der Waals surface area contributed by atoms with Crippen LogP contribution in [-0.2, 0) is 14.3 Å². The molecule has 0 saturated carbocycles. The largest absolute Gasteiger partial charge is 0.469 e. The van der Waals surface area contributed by atoms with Crippen molar-refractivity contribution >= 4 is 11.9 Å². The number of rotatable bonds is 8. The van der Waals surface area contributed by atoms with Gasteiger partial charge >= 0.3 is 5.97 Å². The molecule has 0 radical (unpaired) electrons. The lowest BCUT2D eigenvalue weighted by Gasteiger charge is -2.25. The zero-order chi connectivity index (χ0) is 17.4. The molecule has 5 heteroatoms. The normalized spacial score (nSPS) is 11.9. The molecule has 23 heavy (non-hydrogen) atoms. The number of hydrogen-bond donors (Lipinski definition) is 0. The van der Waals surface area contributed by atoms with Crippen molar-refractivity contribution in [3.05, 3.63) is 34.9 Å². The van der Waals surface area contributed by atoms with Crippen molar-refractivity contribution in [1.82, 2.24) is 4.90 Å². The summed E-state index contributed by atoms with van der Waals surface area (Å²) in [6, 6.07) is 5.67. The number of nitrogens with zero attached hydrogens (tertiary/aromatic N) is 1. The predicted molar refractivity (Wildman–Crippen MR) is 89.5 cm³/mol. The fraction of sp³-hybridized carbons (Fsp3) is 0.556. The van der Waals surface area contributed by atoms with Gasteiger partial charge in [0.05, 0.1) is 13.0 Å². The molecule has 1 aromatic rings. The molecule has 0 aliphatic heterocycles. The molecular formula is C18H27NO4. The average molecular weight is 321 g/mol. The Labute approximate surface area is 138 Å². The van der Waals surface area contributed by atoms with E-state index in [2.05, 4.69) is 0 Å². The second kappa shape index (κ2) is 9.30. The van der Waals surface area contributed by atoms with E-state index < -0.39 is 0 Å². The Morgan fingerprint density at radius 1 is 1.17 bits per heavy atom. The van der Waals surface area contributed by atoms with Gasteiger partial charge in [-0.15, -0.1) is 0 Å². The van der Waals surface area contributed by atoms with Gasteiger partial charge in [-0.05, 0) is 43.5 Å². The van der Waals surface area contributed by atoms with Gasteiger partial charge in [-0.25, -0.2) is 0 Å². The van der Waals surface area contributed by atoms with Crippen LogP contribution >= 0.6 is 0 Å². The van der Waals surface area contributed by atoms with E-state index in [1.165, 1.54) is 7.11 Å². The fourth-order valence-electron chi connectivity index (χ4n) is 2.34. The van der Waals surface area contributed by atoms with Crippen LogP contribution in [-0.4, -0.2) is 50.7 Å². The zero-order valence-corrected chi connectivity index (χ0v) is 14.7. The minimum Gasteiger partial charge on any atom is -0.469 e. The smallest absolute Gasteiger partial charge is 0.310 e. The monoisotopic (exact) mass is 321 g/mol. The maximum absolute atomic E-state index is 12.8. The topological polar surface area (TPSA) is 55.8 Å². The summed E-state index contributed by atoms with van der Waals surface area (Å²) in [6.45, 7) is 7.22. The lowest BCUT2D eigenvalue weighted by atomic mass is 10.0. The van der Waals surface area contributed by atoms with E-state index >= 15 is 0 Å². The Bertz CT molecular complexity index is 542. The van der Waals surface area contributed by atoms with Crippen LogP contribution in [0.5, 0.6) is 0 Å². The molecule has 1 atom stereocenters. The van der Waals surface area contributed by atoms with Gasteiger partial charge in [-0.2, -0.15) is 0 Å². The number of aryl methyl sites for hydroxylation is 2. The predicted octanol–water partition coefficient (Wildman–Crippen LogP) is 2.59. The van der Waals surface area contributed by atoms with Crippen LogP contribution in [0.1, 0.15) is 34.8 Å². The van der Waals surface area contributed by atoms with E-state index in [1.807, 2.05) is 32.0 Å². The molecule has 1 unspecified atom stereocenters. The molecule has 1 amide bonds. The number of carbonyl (C=O) groups excluding carboxylic acids is 2. The summed E-state index contributed by atoms with van der Waals surface area (Å²) in [4.78, 5) is 26.1. The Morgan fingerprint density at radius 2 is 1.87 bits per heavy atom. The van der Waals surface area contributed by atoms with Crippen LogP contribution in [0.15, 0.2) is 18.2 Å². The summed E-state index contributed by atoms with van der Waals surface area (Å²) in [5.41, 5.74) is 2.87. The van der Waals surface area contributed by atoms with Crippen molar-refractivity contribution in [2.24, 2.45) is 5.92 Å². The molecule has 0 aliphatic rings. The lowest BCUT2D eigenvalue weighted by Crippen LogP contribution is -2.38. The van der Waals surface area contributed by atoms with Crippen LogP contribution in [0.25, 0.3) is 0 Å². The molecule has 0 spiro atoms. The van der Waals surface area contributed by atoms with Crippen LogP contribution < -0.4 is 0 Å². The first-order valence-corrected chi connectivity index (χ1v) is 7.84. The van der Waals surface area contributed by atoms with Crippen molar-refractivity contribution in [3.63, 3.8) is 0 Å². The van der Waals surface area contributed by atoms with Gasteiger partial charge < -0.3 is 14.4 Å². The number of hydrogen-bond acceptors (Lipinski definition) is 4. The van der Waals surface area contributed by atoms with Crippen molar-refractivity contribution in [1.29, 1.82) is 0 Å². The Hall–Kier alpha value is -1.88. The van der Waals surface area contributed by atoms with Gasteiger partial charge in [0.2, 0.25) is 0 Å². The quantitative estimate of drug-likeness (QED) is 0.545. The number of esters is 1. The first-order valence-electron chi connectivity index (χ1n) is 7.84. The van der Waals surface area contributed by atoms with E-state index in [-0.39, 0.29) is 17.8 Å². The third-order valence-corrected chi connectivity index (χ3v) is 3.92. The highest BCUT2D eigenvalue weighted by atomic mass is 16.5.